The number of rotatable bonds is 11. The van der Waals surface area contributed by atoms with E-state index in [0.29, 0.717) is 76.4 Å². The number of thiol groups is 1. The van der Waals surface area contributed by atoms with E-state index >= 15 is 4.39 Å². The van der Waals surface area contributed by atoms with Crippen molar-refractivity contribution in [2.75, 3.05) is 11.9 Å². The number of hydrogen-bond donors (Lipinski definition) is 5. The van der Waals surface area contributed by atoms with Crippen molar-refractivity contribution in [3.05, 3.63) is 103 Å². The van der Waals surface area contributed by atoms with Crippen LogP contribution in [-0.4, -0.2) is 52.4 Å². The van der Waals surface area contributed by atoms with Gasteiger partial charge in [-0.05, 0) is 90.5 Å². The van der Waals surface area contributed by atoms with Crippen LogP contribution in [0.15, 0.2) is 52.7 Å². The summed E-state index contributed by atoms with van der Waals surface area (Å²) >= 11 is 3.79. The molecule has 0 bridgehead atoms. The van der Waals surface area contributed by atoms with E-state index in [1.165, 1.54) is 17.6 Å². The monoisotopic (exact) mass is 826 g/mol. The highest BCUT2D eigenvalue weighted by Gasteiger charge is 2.38. The molecule has 2 aromatic carbocycles. The average Bonchev–Trinajstić information content (AvgIpc) is 3.57. The summed E-state index contributed by atoms with van der Waals surface area (Å²) in [5, 5.41) is 12.9. The smallest absolute Gasteiger partial charge is 0.407 e. The average molecular weight is 827 g/mol. The third-order valence-corrected chi connectivity index (χ3v) is 11.2. The molecule has 1 unspecified atom stereocenters. The van der Waals surface area contributed by atoms with Crippen LogP contribution < -0.4 is 26.8 Å². The first-order chi connectivity index (χ1) is 28.3. The number of fused-ring (bicyclic) bond motifs is 5. The van der Waals surface area contributed by atoms with Gasteiger partial charge >= 0.3 is 12.1 Å². The minimum Gasteiger partial charge on any atom is -0.460 e. The Kier molecular flexibility index (Phi) is 13.2. The molecule has 2 aliphatic heterocycles. The van der Waals surface area contributed by atoms with Crippen molar-refractivity contribution in [3.63, 3.8) is 0 Å². The van der Waals surface area contributed by atoms with Gasteiger partial charge in [-0.15, -0.1) is 0 Å². The highest BCUT2D eigenvalue weighted by Crippen LogP contribution is 2.45. The Morgan fingerprint density at radius 2 is 1.85 bits per heavy atom. The van der Waals surface area contributed by atoms with Gasteiger partial charge in [0.05, 0.1) is 47.5 Å². The molecule has 14 nitrogen and oxygen atoms in total. The second-order valence-corrected chi connectivity index (χ2v) is 15.3. The van der Waals surface area contributed by atoms with E-state index in [4.69, 9.17) is 14.5 Å². The summed E-state index contributed by atoms with van der Waals surface area (Å²) in [6, 6.07) is 9.69. The maximum atomic E-state index is 15.2. The lowest BCUT2D eigenvalue weighted by Gasteiger charge is -2.29. The standard InChI is InChI=1S/C35H32FN5O7.C8H15NOS/c1-3-20-22-10-28-32-23(13-41(28)33(44)24(22)15-47-34(20)45)31-26(9-8-21-17(2)25(36)11-27(39-32)30(21)31)40-35(46)48-14-18-4-6-19(7-5-18)38-29(43)12-37-16-42;1-6(2)7(3)9-8(10)4-5-11/h4-7,10-11,16,20,26H,3,8-9,12-15H2,1-2H3,(H,37,42)(H,38,43)(H,40,46);4-7,11H,1-3H3,(H,9,10)/b;5-4-/t20-,26+;/m1./s1. The van der Waals surface area contributed by atoms with Crippen molar-refractivity contribution in [1.82, 2.24) is 25.5 Å². The summed E-state index contributed by atoms with van der Waals surface area (Å²) in [7, 11) is 0. The van der Waals surface area contributed by atoms with Crippen molar-refractivity contribution in [3.8, 4) is 11.4 Å². The molecule has 16 heteroatoms. The number of aromatic nitrogens is 2. The Labute approximate surface area is 345 Å². The number of cyclic esters (lactones) is 1. The Bertz CT molecular complexity index is 2410. The fraction of sp³-hybridized carbons (Fsp3) is 0.372. The van der Waals surface area contributed by atoms with Gasteiger partial charge in [-0.2, -0.15) is 12.6 Å². The van der Waals surface area contributed by atoms with Gasteiger partial charge in [-0.1, -0.05) is 32.9 Å². The second-order valence-electron chi connectivity index (χ2n) is 15.0. The van der Waals surface area contributed by atoms with Gasteiger partial charge in [0.25, 0.3) is 5.56 Å². The maximum absolute atomic E-state index is 15.2. The number of anilines is 1. The molecular formula is C43H47FN6O8S. The second kappa shape index (κ2) is 18.3. The number of halogens is 1. The number of ether oxygens (including phenoxy) is 2. The van der Waals surface area contributed by atoms with Crippen molar-refractivity contribution in [1.29, 1.82) is 0 Å². The predicted molar refractivity (Wildman–Crippen MR) is 222 cm³/mol. The minimum absolute atomic E-state index is 0.0317. The van der Waals surface area contributed by atoms with Crippen molar-refractivity contribution in [2.45, 2.75) is 91.6 Å². The number of nitrogens with one attached hydrogen (secondary N) is 4. The lowest BCUT2D eigenvalue weighted by Crippen LogP contribution is -2.34. The molecule has 59 heavy (non-hydrogen) atoms. The van der Waals surface area contributed by atoms with Crippen molar-refractivity contribution < 1.29 is 37.8 Å². The van der Waals surface area contributed by atoms with Gasteiger partial charge in [0, 0.05) is 34.8 Å². The zero-order chi connectivity index (χ0) is 42.5. The molecule has 4 heterocycles. The van der Waals surface area contributed by atoms with Crippen molar-refractivity contribution in [2.24, 2.45) is 5.92 Å². The highest BCUT2D eigenvalue weighted by atomic mass is 32.1. The van der Waals surface area contributed by atoms with Crippen LogP contribution in [0.4, 0.5) is 14.9 Å². The number of aryl methyl sites for hydroxylation is 1. The first kappa shape index (κ1) is 42.6. The molecule has 1 aliphatic carbocycles. The fourth-order valence-electron chi connectivity index (χ4n) is 7.58. The number of benzene rings is 2. The number of esters is 1. The molecule has 310 valence electrons. The Hall–Kier alpha value is -6.03. The van der Waals surface area contributed by atoms with Gasteiger partial charge in [0.1, 0.15) is 19.0 Å². The molecular weight excluding hydrogens is 780 g/mol. The number of carbonyl (C=O) groups is 5. The zero-order valence-corrected chi connectivity index (χ0v) is 34.3. The van der Waals surface area contributed by atoms with Crippen LogP contribution >= 0.6 is 12.6 Å². The van der Waals surface area contributed by atoms with Gasteiger partial charge in [0.2, 0.25) is 18.2 Å². The maximum Gasteiger partial charge on any atom is 0.407 e. The topological polar surface area (TPSA) is 187 Å². The van der Waals surface area contributed by atoms with Crippen LogP contribution in [0, 0.1) is 18.7 Å². The van der Waals surface area contributed by atoms with Crippen LogP contribution in [-0.2, 0) is 54.8 Å². The zero-order valence-electron chi connectivity index (χ0n) is 33.4. The number of nitrogens with zero attached hydrogens (tertiary/aromatic N) is 2. The van der Waals surface area contributed by atoms with Crippen LogP contribution in [0.5, 0.6) is 0 Å². The molecule has 4 amide bonds. The van der Waals surface area contributed by atoms with E-state index in [1.807, 2.05) is 19.9 Å². The molecule has 0 saturated carbocycles. The van der Waals surface area contributed by atoms with Gasteiger partial charge < -0.3 is 35.3 Å². The van der Waals surface area contributed by atoms with Crippen molar-refractivity contribution >= 4 is 59.5 Å². The summed E-state index contributed by atoms with van der Waals surface area (Å²) in [5.74, 6) is -1.30. The van der Waals surface area contributed by atoms with Crippen LogP contribution in [0.25, 0.3) is 22.3 Å². The van der Waals surface area contributed by atoms with E-state index in [9.17, 15) is 28.8 Å². The van der Waals surface area contributed by atoms with Crippen LogP contribution in [0.1, 0.15) is 91.4 Å². The summed E-state index contributed by atoms with van der Waals surface area (Å²) in [4.78, 5) is 77.5. The summed E-state index contributed by atoms with van der Waals surface area (Å²) < 4.78 is 27.7. The molecule has 0 saturated heterocycles. The highest BCUT2D eigenvalue weighted by molar-refractivity contribution is 7.83. The molecule has 4 N–H and O–H groups in total. The molecule has 3 aliphatic rings. The summed E-state index contributed by atoms with van der Waals surface area (Å²) in [6.07, 6.45) is 2.65. The van der Waals surface area contributed by atoms with Crippen LogP contribution in [0.3, 0.4) is 0 Å². The van der Waals surface area contributed by atoms with E-state index in [-0.39, 0.29) is 61.5 Å². The molecule has 4 aromatic rings. The third-order valence-electron chi connectivity index (χ3n) is 11.0. The van der Waals surface area contributed by atoms with Crippen LogP contribution in [0.2, 0.25) is 0 Å². The lowest BCUT2D eigenvalue weighted by molar-refractivity contribution is -0.148. The summed E-state index contributed by atoms with van der Waals surface area (Å²) in [5.41, 5.74) is 6.43. The summed E-state index contributed by atoms with van der Waals surface area (Å²) in [6.45, 7) is 9.64. The lowest BCUT2D eigenvalue weighted by atomic mass is 9.81. The van der Waals surface area contributed by atoms with Gasteiger partial charge in [-0.25, -0.2) is 14.2 Å². The first-order valence-corrected chi connectivity index (χ1v) is 20.0. The van der Waals surface area contributed by atoms with E-state index in [2.05, 4.69) is 47.7 Å². The largest absolute Gasteiger partial charge is 0.460 e. The fourth-order valence-corrected chi connectivity index (χ4v) is 7.72. The quantitative estimate of drug-likeness (QED) is 0.0489. The Morgan fingerprint density at radius 1 is 1.10 bits per heavy atom. The SMILES string of the molecule is CC(C)C(C)NC(=O)/C=C\S.CC[C@H]1C(=O)OCc2c1cc1n(c2=O)Cc2c-1nc1cc(F)c(C)c3c1c2[C@@H](NC(=O)OCc1ccc(NC(=O)CNC=O)cc1)CC3. The molecule has 0 radical (unpaired) electrons. The number of hydrogen-bond acceptors (Lipinski definition) is 10. The first-order valence-electron chi connectivity index (χ1n) is 19.4. The molecule has 2 aromatic heterocycles. The number of carbonyl (C=O) groups excluding carboxylic acids is 5. The molecule has 0 fully saturated rings. The van der Waals surface area contributed by atoms with Gasteiger partial charge in [0.15, 0.2) is 0 Å². The van der Waals surface area contributed by atoms with E-state index in [1.54, 1.807) is 35.8 Å². The Balaban J connectivity index is 0.000000468. The predicted octanol–water partition coefficient (Wildman–Crippen LogP) is 5.61. The number of alkyl carbamates (subject to hydrolysis) is 1. The number of pyridine rings is 2. The normalized spacial score (nSPS) is 16.5. The minimum atomic E-state index is -0.650. The number of amides is 4. The van der Waals surface area contributed by atoms with E-state index < -0.39 is 18.1 Å². The third kappa shape index (κ3) is 9.02. The molecule has 3 atom stereocenters. The molecule has 7 rings (SSSR count). The Morgan fingerprint density at radius 3 is 2.53 bits per heavy atom. The molecule has 0 spiro atoms. The van der Waals surface area contributed by atoms with Gasteiger partial charge in [-0.3, -0.25) is 24.0 Å². The van der Waals surface area contributed by atoms with E-state index in [0.717, 1.165) is 22.1 Å².